The van der Waals surface area contributed by atoms with Crippen LogP contribution >= 0.6 is 35.4 Å². The van der Waals surface area contributed by atoms with Crippen LogP contribution in [0.4, 0.5) is 10.1 Å². The molecule has 1 aromatic heterocycles. The second kappa shape index (κ2) is 9.96. The smallest absolute Gasteiger partial charge is 0.173 e. The highest BCUT2D eigenvalue weighted by Gasteiger charge is 2.19. The number of thiocarbonyl (C=S) groups is 1. The van der Waals surface area contributed by atoms with Crippen LogP contribution in [-0.4, -0.2) is 50.9 Å². The number of anilines is 1. The van der Waals surface area contributed by atoms with E-state index < -0.39 is 0 Å². The number of hydrogen-bond donors (Lipinski definition) is 1. The lowest BCUT2D eigenvalue weighted by Crippen LogP contribution is -2.49. The van der Waals surface area contributed by atoms with Crippen molar-refractivity contribution in [2.45, 2.75) is 13.1 Å². The van der Waals surface area contributed by atoms with Crippen LogP contribution < -0.4 is 5.32 Å². The van der Waals surface area contributed by atoms with Crippen LogP contribution in [0.5, 0.6) is 0 Å². The normalized spacial score (nSPS) is 14.6. The van der Waals surface area contributed by atoms with E-state index in [1.165, 1.54) is 6.07 Å². The molecule has 4 rings (SSSR count). The molecule has 3 aromatic rings. The second-order valence-electron chi connectivity index (χ2n) is 7.49. The average molecular weight is 478 g/mol. The molecule has 1 fully saturated rings. The molecule has 31 heavy (non-hydrogen) atoms. The van der Waals surface area contributed by atoms with E-state index in [0.29, 0.717) is 21.7 Å². The van der Waals surface area contributed by atoms with Gasteiger partial charge in [0.25, 0.3) is 0 Å². The van der Waals surface area contributed by atoms with Gasteiger partial charge in [-0.1, -0.05) is 41.4 Å². The van der Waals surface area contributed by atoms with Gasteiger partial charge in [0.05, 0.1) is 18.4 Å². The fraction of sp³-hybridized carbons (Fsp3) is 0.273. The topological polar surface area (TPSA) is 36.3 Å². The quantitative estimate of drug-likeness (QED) is 0.529. The summed E-state index contributed by atoms with van der Waals surface area (Å²) in [4.78, 5) is 4.45. The predicted octanol–water partition coefficient (Wildman–Crippen LogP) is 4.89. The molecule has 0 radical (unpaired) electrons. The summed E-state index contributed by atoms with van der Waals surface area (Å²) in [5, 5.41) is 9.55. The Kier molecular flexibility index (Phi) is 7.07. The van der Waals surface area contributed by atoms with E-state index >= 15 is 0 Å². The summed E-state index contributed by atoms with van der Waals surface area (Å²) in [6, 6.07) is 12.2. The molecule has 162 valence electrons. The van der Waals surface area contributed by atoms with Crippen molar-refractivity contribution in [3.8, 4) is 0 Å². The van der Waals surface area contributed by atoms with Crippen molar-refractivity contribution in [2.75, 3.05) is 31.5 Å². The molecular weight excluding hydrogens is 456 g/mol. The minimum absolute atomic E-state index is 0.194. The summed E-state index contributed by atoms with van der Waals surface area (Å²) >= 11 is 17.8. The van der Waals surface area contributed by atoms with E-state index in [9.17, 15) is 4.39 Å². The molecule has 2 heterocycles. The van der Waals surface area contributed by atoms with E-state index in [1.54, 1.807) is 29.1 Å². The first-order valence-corrected chi connectivity index (χ1v) is 11.1. The van der Waals surface area contributed by atoms with Crippen molar-refractivity contribution in [3.05, 3.63) is 81.8 Å². The van der Waals surface area contributed by atoms with Crippen molar-refractivity contribution in [1.29, 1.82) is 0 Å². The Balaban J connectivity index is 1.27. The van der Waals surface area contributed by atoms with Crippen molar-refractivity contribution < 1.29 is 4.39 Å². The number of nitrogens with one attached hydrogen (secondary N) is 1. The van der Waals surface area contributed by atoms with Crippen molar-refractivity contribution in [1.82, 2.24) is 19.6 Å². The lowest BCUT2D eigenvalue weighted by Gasteiger charge is -2.36. The maximum atomic E-state index is 13.4. The van der Waals surface area contributed by atoms with Crippen LogP contribution in [0.25, 0.3) is 0 Å². The van der Waals surface area contributed by atoms with Crippen molar-refractivity contribution in [2.24, 2.45) is 0 Å². The molecule has 5 nitrogen and oxygen atoms in total. The number of aromatic nitrogens is 2. The summed E-state index contributed by atoms with van der Waals surface area (Å²) in [7, 11) is 0. The maximum Gasteiger partial charge on any atom is 0.173 e. The average Bonchev–Trinajstić information content (AvgIpc) is 3.17. The van der Waals surface area contributed by atoms with E-state index in [1.807, 2.05) is 24.4 Å². The van der Waals surface area contributed by atoms with E-state index in [4.69, 9.17) is 35.4 Å². The first-order valence-electron chi connectivity index (χ1n) is 9.95. The molecule has 2 aromatic carbocycles. The van der Waals surface area contributed by atoms with E-state index in [-0.39, 0.29) is 5.82 Å². The van der Waals surface area contributed by atoms with Gasteiger partial charge in [-0.2, -0.15) is 5.10 Å². The van der Waals surface area contributed by atoms with Gasteiger partial charge in [-0.15, -0.1) is 0 Å². The van der Waals surface area contributed by atoms with Gasteiger partial charge in [0, 0.05) is 49.0 Å². The molecule has 0 atom stereocenters. The predicted molar refractivity (Wildman–Crippen MR) is 127 cm³/mol. The molecule has 0 aliphatic carbocycles. The molecule has 1 aliphatic heterocycles. The minimum Gasteiger partial charge on any atom is -0.346 e. The molecule has 1 N–H and O–H groups in total. The van der Waals surface area contributed by atoms with Crippen molar-refractivity contribution >= 4 is 46.2 Å². The Bertz CT molecular complexity index is 1070. The number of hydrogen-bond acceptors (Lipinski definition) is 3. The Hall–Kier alpha value is -2.19. The first kappa shape index (κ1) is 22.0. The molecule has 0 unspecified atom stereocenters. The summed E-state index contributed by atoms with van der Waals surface area (Å²) in [6.45, 7) is 4.65. The number of piperazine rings is 1. The maximum absolute atomic E-state index is 13.4. The molecule has 1 aliphatic rings. The fourth-order valence-corrected chi connectivity index (χ4v) is 4.31. The highest BCUT2D eigenvalue weighted by Crippen LogP contribution is 2.22. The number of rotatable bonds is 5. The van der Waals surface area contributed by atoms with Crippen LogP contribution in [-0.2, 0) is 13.1 Å². The van der Waals surface area contributed by atoms with Gasteiger partial charge in [0.1, 0.15) is 5.82 Å². The van der Waals surface area contributed by atoms with Gasteiger partial charge in [-0.3, -0.25) is 9.58 Å². The third-order valence-corrected chi connectivity index (χ3v) is 6.13. The number of benzene rings is 2. The van der Waals surface area contributed by atoms with Gasteiger partial charge in [0.15, 0.2) is 5.11 Å². The highest BCUT2D eigenvalue weighted by molar-refractivity contribution is 7.80. The van der Waals surface area contributed by atoms with E-state index in [0.717, 1.165) is 49.5 Å². The molecule has 1 saturated heterocycles. The van der Waals surface area contributed by atoms with Gasteiger partial charge in [-0.25, -0.2) is 4.39 Å². The summed E-state index contributed by atoms with van der Waals surface area (Å²) in [5.41, 5.74) is 2.76. The zero-order valence-corrected chi connectivity index (χ0v) is 19.1. The molecule has 0 spiro atoms. The SMILES string of the molecule is Fc1cccc(CN2CCN(C(=S)Nc3cnn(Cc4ccc(Cl)cc4Cl)c3)CC2)c1. The van der Waals surface area contributed by atoms with Gasteiger partial charge >= 0.3 is 0 Å². The fourth-order valence-electron chi connectivity index (χ4n) is 3.54. The zero-order chi connectivity index (χ0) is 21.8. The lowest BCUT2D eigenvalue weighted by molar-refractivity contribution is 0.177. The largest absolute Gasteiger partial charge is 0.346 e. The Labute approximate surface area is 196 Å². The number of halogens is 3. The Morgan fingerprint density at radius 3 is 2.61 bits per heavy atom. The van der Waals surface area contributed by atoms with Gasteiger partial charge < -0.3 is 10.2 Å². The first-order chi connectivity index (χ1) is 15.0. The highest BCUT2D eigenvalue weighted by atomic mass is 35.5. The third kappa shape index (κ3) is 5.95. The molecule has 0 amide bonds. The van der Waals surface area contributed by atoms with Crippen LogP contribution in [0.3, 0.4) is 0 Å². The molecule has 9 heteroatoms. The second-order valence-corrected chi connectivity index (χ2v) is 8.72. The van der Waals surface area contributed by atoms with Crippen molar-refractivity contribution in [3.63, 3.8) is 0 Å². The van der Waals surface area contributed by atoms with Crippen LogP contribution in [0.1, 0.15) is 11.1 Å². The van der Waals surface area contributed by atoms with Gasteiger partial charge in [0.2, 0.25) is 0 Å². The Morgan fingerprint density at radius 2 is 1.87 bits per heavy atom. The number of nitrogens with zero attached hydrogens (tertiary/aromatic N) is 4. The lowest BCUT2D eigenvalue weighted by atomic mass is 10.2. The monoisotopic (exact) mass is 477 g/mol. The zero-order valence-electron chi connectivity index (χ0n) is 16.8. The summed E-state index contributed by atoms with van der Waals surface area (Å²) < 4.78 is 15.2. The summed E-state index contributed by atoms with van der Waals surface area (Å²) in [5.74, 6) is -0.194. The molecule has 0 bridgehead atoms. The Morgan fingerprint density at radius 1 is 1.06 bits per heavy atom. The standard InChI is InChI=1S/C22H22Cl2FN5S/c23-18-5-4-17(21(24)11-18)14-30-15-20(12-26-30)27-22(31)29-8-6-28(7-9-29)13-16-2-1-3-19(25)10-16/h1-5,10-12,15H,6-9,13-14H2,(H,27,31). The third-order valence-electron chi connectivity index (χ3n) is 5.19. The van der Waals surface area contributed by atoms with Crippen LogP contribution in [0.15, 0.2) is 54.9 Å². The minimum atomic E-state index is -0.194. The van der Waals surface area contributed by atoms with E-state index in [2.05, 4.69) is 20.2 Å². The summed E-state index contributed by atoms with van der Waals surface area (Å²) in [6.07, 6.45) is 3.65. The van der Waals surface area contributed by atoms with Crippen LogP contribution in [0, 0.1) is 5.82 Å². The van der Waals surface area contributed by atoms with Gasteiger partial charge in [-0.05, 0) is 47.6 Å². The molecular formula is C22H22Cl2FN5S. The van der Waals surface area contributed by atoms with Crippen LogP contribution in [0.2, 0.25) is 10.0 Å². The molecule has 0 saturated carbocycles.